The van der Waals surface area contributed by atoms with Crippen LogP contribution in [0.1, 0.15) is 87.1 Å². The standard InChI is InChI=1S/C39H36O10/c1-22(40)45-32-12-7-27(8-13-32)6-9-29-16-34(47-24(3)42)19-31-20-37(28-10-14-33(15-11-28)46-23(2)41)39(38(29)31)30-17-35(48-25(4)43)21-36(18-30)49-26(5)44/h6-7,9-12,14-19,21,37,39H,8,13,20H2,1-5H3/b9-6+/t37-,39-/m1/s1. The molecule has 0 bridgehead atoms. The van der Waals surface area contributed by atoms with E-state index in [1.165, 1.54) is 40.7 Å². The Balaban J connectivity index is 1.68. The molecule has 10 heteroatoms. The van der Waals surface area contributed by atoms with Crippen LogP contribution in [-0.4, -0.2) is 29.8 Å². The smallest absolute Gasteiger partial charge is 0.308 e. The van der Waals surface area contributed by atoms with Crippen molar-refractivity contribution in [3.63, 3.8) is 0 Å². The van der Waals surface area contributed by atoms with Gasteiger partial charge in [-0.05, 0) is 94.6 Å². The Morgan fingerprint density at radius 3 is 1.65 bits per heavy atom. The molecule has 2 atom stereocenters. The molecule has 0 unspecified atom stereocenters. The first kappa shape index (κ1) is 34.6. The van der Waals surface area contributed by atoms with Crippen molar-refractivity contribution in [1.29, 1.82) is 0 Å². The molecule has 0 aliphatic heterocycles. The van der Waals surface area contributed by atoms with Gasteiger partial charge in [-0.2, -0.15) is 0 Å². The van der Waals surface area contributed by atoms with Gasteiger partial charge < -0.3 is 23.7 Å². The fourth-order valence-corrected chi connectivity index (χ4v) is 6.30. The van der Waals surface area contributed by atoms with Crippen LogP contribution in [0.4, 0.5) is 0 Å². The molecule has 3 aromatic carbocycles. The van der Waals surface area contributed by atoms with E-state index < -0.39 is 23.9 Å². The van der Waals surface area contributed by atoms with Crippen molar-refractivity contribution >= 4 is 35.9 Å². The van der Waals surface area contributed by atoms with E-state index in [2.05, 4.69) is 0 Å². The van der Waals surface area contributed by atoms with Crippen molar-refractivity contribution in [2.75, 3.05) is 0 Å². The zero-order chi connectivity index (χ0) is 35.2. The Hall–Kier alpha value is -5.77. The molecule has 0 amide bonds. The van der Waals surface area contributed by atoms with E-state index in [9.17, 15) is 24.0 Å². The number of benzene rings is 3. The van der Waals surface area contributed by atoms with E-state index >= 15 is 0 Å². The molecular formula is C39H36O10. The summed E-state index contributed by atoms with van der Waals surface area (Å²) in [5.41, 5.74) is 5.33. The Morgan fingerprint density at radius 2 is 1.12 bits per heavy atom. The van der Waals surface area contributed by atoms with E-state index in [4.69, 9.17) is 23.7 Å². The van der Waals surface area contributed by atoms with Gasteiger partial charge in [0.1, 0.15) is 28.8 Å². The number of hydrogen-bond acceptors (Lipinski definition) is 10. The van der Waals surface area contributed by atoms with Gasteiger partial charge in [0.2, 0.25) is 0 Å². The van der Waals surface area contributed by atoms with Crippen molar-refractivity contribution < 1.29 is 47.7 Å². The third kappa shape index (κ3) is 8.98. The fourth-order valence-electron chi connectivity index (χ4n) is 6.30. The highest BCUT2D eigenvalue weighted by atomic mass is 16.6. The van der Waals surface area contributed by atoms with Gasteiger partial charge in [-0.1, -0.05) is 30.4 Å². The van der Waals surface area contributed by atoms with Crippen molar-refractivity contribution in [3.8, 4) is 23.0 Å². The van der Waals surface area contributed by atoms with Crippen molar-refractivity contribution in [3.05, 3.63) is 112 Å². The molecule has 0 saturated carbocycles. The lowest BCUT2D eigenvalue weighted by Crippen LogP contribution is -2.11. The number of ether oxygens (including phenoxy) is 5. The van der Waals surface area contributed by atoms with Gasteiger partial charge in [0, 0.05) is 53.0 Å². The summed E-state index contributed by atoms with van der Waals surface area (Å²) >= 11 is 0. The Labute approximate surface area is 284 Å². The lowest BCUT2D eigenvalue weighted by molar-refractivity contribution is -0.137. The normalized spacial score (nSPS) is 16.6. The first-order valence-electron chi connectivity index (χ1n) is 15.8. The zero-order valence-corrected chi connectivity index (χ0v) is 27.9. The van der Waals surface area contributed by atoms with Crippen LogP contribution in [0.5, 0.6) is 23.0 Å². The molecule has 0 heterocycles. The minimum atomic E-state index is -0.531. The number of esters is 5. The number of fused-ring (bicyclic) bond motifs is 1. The summed E-state index contributed by atoms with van der Waals surface area (Å²) in [5.74, 6) is -1.01. The summed E-state index contributed by atoms with van der Waals surface area (Å²) in [6.07, 6.45) is 9.37. The zero-order valence-electron chi connectivity index (χ0n) is 27.9. The summed E-state index contributed by atoms with van der Waals surface area (Å²) in [5, 5.41) is 0. The summed E-state index contributed by atoms with van der Waals surface area (Å²) in [4.78, 5) is 59.1. The second-order valence-corrected chi connectivity index (χ2v) is 11.9. The molecule has 2 aliphatic carbocycles. The molecule has 0 saturated heterocycles. The van der Waals surface area contributed by atoms with Crippen LogP contribution >= 0.6 is 0 Å². The predicted molar refractivity (Wildman–Crippen MR) is 179 cm³/mol. The highest BCUT2D eigenvalue weighted by molar-refractivity contribution is 5.74. The van der Waals surface area contributed by atoms with Gasteiger partial charge in [0.05, 0.1) is 0 Å². The average molecular weight is 665 g/mol. The molecule has 0 N–H and O–H groups in total. The third-order valence-electron chi connectivity index (χ3n) is 7.94. The maximum absolute atomic E-state index is 12.1. The van der Waals surface area contributed by atoms with Gasteiger partial charge in [-0.3, -0.25) is 24.0 Å². The monoisotopic (exact) mass is 664 g/mol. The van der Waals surface area contributed by atoms with Crippen LogP contribution in [0.2, 0.25) is 0 Å². The number of hydrogen-bond donors (Lipinski definition) is 0. The topological polar surface area (TPSA) is 132 Å². The maximum Gasteiger partial charge on any atom is 0.308 e. The van der Waals surface area contributed by atoms with Crippen LogP contribution in [0, 0.1) is 0 Å². The van der Waals surface area contributed by atoms with E-state index in [0.29, 0.717) is 36.5 Å². The minimum absolute atomic E-state index is 0.179. The first-order valence-corrected chi connectivity index (χ1v) is 15.8. The van der Waals surface area contributed by atoms with E-state index in [1.807, 2.05) is 42.5 Å². The molecule has 3 aromatic rings. The number of carbonyl (C=O) groups is 5. The third-order valence-corrected chi connectivity index (χ3v) is 7.94. The van der Waals surface area contributed by atoms with Crippen LogP contribution in [-0.2, 0) is 35.1 Å². The Morgan fingerprint density at radius 1 is 0.571 bits per heavy atom. The van der Waals surface area contributed by atoms with E-state index in [1.54, 1.807) is 30.3 Å². The van der Waals surface area contributed by atoms with Gasteiger partial charge >= 0.3 is 29.8 Å². The van der Waals surface area contributed by atoms with E-state index in [0.717, 1.165) is 33.4 Å². The predicted octanol–water partition coefficient (Wildman–Crippen LogP) is 7.04. The lowest BCUT2D eigenvalue weighted by atomic mass is 9.80. The highest BCUT2D eigenvalue weighted by Crippen LogP contribution is 2.52. The molecule has 49 heavy (non-hydrogen) atoms. The second-order valence-electron chi connectivity index (χ2n) is 11.9. The Bertz CT molecular complexity index is 1880. The maximum atomic E-state index is 12.1. The highest BCUT2D eigenvalue weighted by Gasteiger charge is 2.37. The summed E-state index contributed by atoms with van der Waals surface area (Å²) in [7, 11) is 0. The SMILES string of the molecule is CC(=O)OC1=CC=C(/C=C/c2cc(OC(C)=O)cc3c2[C@H](c2cc(OC(C)=O)cc(OC(C)=O)c2)[C@@H](c2ccc(OC(C)=O)cc2)C3)CC1. The van der Waals surface area contributed by atoms with Crippen LogP contribution in [0.25, 0.3) is 6.08 Å². The summed E-state index contributed by atoms with van der Waals surface area (Å²) in [6, 6.07) is 15.9. The molecule has 0 radical (unpaired) electrons. The van der Waals surface area contributed by atoms with Crippen molar-refractivity contribution in [2.45, 2.75) is 65.7 Å². The van der Waals surface area contributed by atoms with Gasteiger partial charge in [0.25, 0.3) is 0 Å². The minimum Gasteiger partial charge on any atom is -0.431 e. The quantitative estimate of drug-likeness (QED) is 0.173. The fraction of sp³-hybridized carbons (Fsp3) is 0.256. The molecule has 0 aromatic heterocycles. The molecule has 5 rings (SSSR count). The molecule has 0 spiro atoms. The van der Waals surface area contributed by atoms with E-state index in [-0.39, 0.29) is 29.3 Å². The van der Waals surface area contributed by atoms with Gasteiger partial charge in [-0.15, -0.1) is 0 Å². The molecule has 0 fully saturated rings. The molecule has 252 valence electrons. The lowest BCUT2D eigenvalue weighted by Gasteiger charge is -2.24. The number of allylic oxidation sites excluding steroid dienone is 5. The van der Waals surface area contributed by atoms with Gasteiger partial charge in [0.15, 0.2) is 0 Å². The van der Waals surface area contributed by atoms with Gasteiger partial charge in [-0.25, -0.2) is 0 Å². The first-order chi connectivity index (χ1) is 23.3. The molecular weight excluding hydrogens is 628 g/mol. The number of rotatable bonds is 9. The van der Waals surface area contributed by atoms with Crippen LogP contribution < -0.4 is 18.9 Å². The largest absolute Gasteiger partial charge is 0.431 e. The van der Waals surface area contributed by atoms with Crippen LogP contribution in [0.3, 0.4) is 0 Å². The molecule has 2 aliphatic rings. The Kier molecular flexibility index (Phi) is 10.6. The van der Waals surface area contributed by atoms with Crippen molar-refractivity contribution in [2.24, 2.45) is 0 Å². The molecule has 10 nitrogen and oxygen atoms in total. The summed E-state index contributed by atoms with van der Waals surface area (Å²) < 4.78 is 27.0. The van der Waals surface area contributed by atoms with Crippen molar-refractivity contribution in [1.82, 2.24) is 0 Å². The van der Waals surface area contributed by atoms with Crippen LogP contribution in [0.15, 0.2) is 84.2 Å². The average Bonchev–Trinajstić information content (AvgIpc) is 3.39. The summed E-state index contributed by atoms with van der Waals surface area (Å²) in [6.45, 7) is 6.63. The second kappa shape index (κ2) is 15.0. The number of carbonyl (C=O) groups excluding carboxylic acids is 5.